The van der Waals surface area contributed by atoms with E-state index in [-0.39, 0.29) is 5.41 Å². The number of hydrogen-bond acceptors (Lipinski definition) is 1. The number of nitrogens with one attached hydrogen (secondary N) is 1. The lowest BCUT2D eigenvalue weighted by Crippen LogP contribution is -2.13. The van der Waals surface area contributed by atoms with Gasteiger partial charge in [0.2, 0.25) is 0 Å². The van der Waals surface area contributed by atoms with E-state index in [1.165, 1.54) is 0 Å². The zero-order chi connectivity index (χ0) is 12.6. The molecule has 0 aliphatic carbocycles. The maximum atomic E-state index is 4.72. The van der Waals surface area contributed by atoms with Gasteiger partial charge in [0.15, 0.2) is 0 Å². The van der Waals surface area contributed by atoms with E-state index in [1.807, 2.05) is 12.1 Å². The van der Waals surface area contributed by atoms with Crippen LogP contribution in [0.4, 0.5) is 0 Å². The fourth-order valence-corrected chi connectivity index (χ4v) is 2.13. The number of rotatable bonds is 1. The fourth-order valence-electron chi connectivity index (χ4n) is 1.73. The van der Waals surface area contributed by atoms with Gasteiger partial charge in [0.05, 0.1) is 5.69 Å². The fraction of sp³-hybridized carbons (Fsp3) is 0.357. The van der Waals surface area contributed by atoms with Gasteiger partial charge in [0, 0.05) is 21.1 Å². The minimum Gasteiger partial charge on any atom is -0.345 e. The maximum Gasteiger partial charge on any atom is 0.112 e. The van der Waals surface area contributed by atoms with Crippen LogP contribution in [-0.4, -0.2) is 9.97 Å². The molecule has 0 aliphatic rings. The predicted octanol–water partition coefficient (Wildman–Crippen LogP) is 4.45. The summed E-state index contributed by atoms with van der Waals surface area (Å²) in [6.45, 7) is 8.56. The lowest BCUT2D eigenvalue weighted by Gasteiger charge is -2.13. The van der Waals surface area contributed by atoms with Crippen LogP contribution < -0.4 is 0 Å². The van der Waals surface area contributed by atoms with Crippen LogP contribution in [0.2, 0.25) is 0 Å². The summed E-state index contributed by atoms with van der Waals surface area (Å²) in [5.41, 5.74) is 3.35. The minimum atomic E-state index is 0.0506. The molecule has 0 radical (unpaired) electrons. The minimum absolute atomic E-state index is 0.0506. The number of nitrogens with zero attached hydrogens (tertiary/aromatic N) is 1. The van der Waals surface area contributed by atoms with Crippen LogP contribution in [0, 0.1) is 6.92 Å². The van der Waals surface area contributed by atoms with Crippen molar-refractivity contribution < 1.29 is 0 Å². The van der Waals surface area contributed by atoms with Crippen LogP contribution in [0.15, 0.2) is 28.7 Å². The van der Waals surface area contributed by atoms with Gasteiger partial charge >= 0.3 is 0 Å². The highest BCUT2D eigenvalue weighted by atomic mass is 79.9. The molecule has 0 aliphatic heterocycles. The van der Waals surface area contributed by atoms with Crippen LogP contribution in [0.1, 0.15) is 32.3 Å². The van der Waals surface area contributed by atoms with Crippen LogP contribution in [0.5, 0.6) is 0 Å². The number of H-pyrrole nitrogens is 1. The Hall–Kier alpha value is -1.09. The highest BCUT2D eigenvalue weighted by Crippen LogP contribution is 2.28. The van der Waals surface area contributed by atoms with E-state index in [1.54, 1.807) is 0 Å². The predicted molar refractivity (Wildman–Crippen MR) is 75.2 cm³/mol. The third-order valence-corrected chi connectivity index (χ3v) is 3.19. The normalized spacial score (nSPS) is 11.8. The van der Waals surface area contributed by atoms with Gasteiger partial charge in [-0.15, -0.1) is 0 Å². The molecular weight excluding hydrogens is 276 g/mol. The summed E-state index contributed by atoms with van der Waals surface area (Å²) in [5, 5.41) is 0. The van der Waals surface area contributed by atoms with Crippen molar-refractivity contribution in [1.29, 1.82) is 0 Å². The highest BCUT2D eigenvalue weighted by Gasteiger charge is 2.20. The van der Waals surface area contributed by atoms with Crippen molar-refractivity contribution >= 4 is 15.9 Å². The Labute approximate surface area is 111 Å². The second-order valence-corrected chi connectivity index (χ2v) is 6.24. The highest BCUT2D eigenvalue weighted by molar-refractivity contribution is 9.10. The van der Waals surface area contributed by atoms with Crippen molar-refractivity contribution in [3.63, 3.8) is 0 Å². The van der Waals surface area contributed by atoms with E-state index in [0.29, 0.717) is 0 Å². The molecule has 2 nitrogen and oxygen atoms in total. The number of halogens is 1. The molecule has 0 bridgehead atoms. The van der Waals surface area contributed by atoms with Gasteiger partial charge in [-0.2, -0.15) is 0 Å². The Kier molecular flexibility index (Phi) is 3.13. The third-order valence-electron chi connectivity index (χ3n) is 2.69. The Morgan fingerprint density at radius 1 is 1.24 bits per heavy atom. The molecule has 0 saturated heterocycles. The van der Waals surface area contributed by atoms with E-state index in [0.717, 1.165) is 27.2 Å². The molecular formula is C14H17BrN2. The van der Waals surface area contributed by atoms with E-state index < -0.39 is 0 Å². The molecule has 0 unspecified atom stereocenters. The Morgan fingerprint density at radius 3 is 2.47 bits per heavy atom. The summed E-state index contributed by atoms with van der Waals surface area (Å²) < 4.78 is 1.08. The van der Waals surface area contributed by atoms with Gasteiger partial charge in [-0.05, 0) is 19.1 Å². The molecule has 3 heteroatoms. The van der Waals surface area contributed by atoms with Crippen LogP contribution >= 0.6 is 15.9 Å². The number of hydrogen-bond donors (Lipinski definition) is 1. The number of benzene rings is 1. The molecule has 0 spiro atoms. The summed E-state index contributed by atoms with van der Waals surface area (Å²) >= 11 is 3.49. The van der Waals surface area contributed by atoms with Crippen LogP contribution in [0.25, 0.3) is 11.3 Å². The lowest BCUT2D eigenvalue weighted by atomic mass is 9.96. The van der Waals surface area contributed by atoms with Gasteiger partial charge in [-0.1, -0.05) is 48.8 Å². The first kappa shape index (κ1) is 12.4. The topological polar surface area (TPSA) is 28.7 Å². The second kappa shape index (κ2) is 4.30. The molecule has 1 aromatic carbocycles. The summed E-state index contributed by atoms with van der Waals surface area (Å²) in [5.74, 6) is 1.03. The van der Waals surface area contributed by atoms with Crippen molar-refractivity contribution in [2.45, 2.75) is 33.1 Å². The molecule has 0 atom stereocenters. The molecule has 2 aromatic rings. The Bertz CT molecular complexity index is 535. The van der Waals surface area contributed by atoms with E-state index in [2.05, 4.69) is 60.7 Å². The smallest absolute Gasteiger partial charge is 0.112 e. The monoisotopic (exact) mass is 292 g/mol. The van der Waals surface area contributed by atoms with Gasteiger partial charge < -0.3 is 4.98 Å². The molecule has 0 fully saturated rings. The summed E-state index contributed by atoms with van der Waals surface area (Å²) in [7, 11) is 0. The average Bonchev–Trinajstić information content (AvgIpc) is 2.60. The van der Waals surface area contributed by atoms with Crippen molar-refractivity contribution in [2.75, 3.05) is 0 Å². The number of imidazole rings is 1. The van der Waals surface area contributed by atoms with Gasteiger partial charge in [0.1, 0.15) is 5.82 Å². The summed E-state index contributed by atoms with van der Waals surface area (Å²) in [4.78, 5) is 8.09. The lowest BCUT2D eigenvalue weighted by molar-refractivity contribution is 0.552. The van der Waals surface area contributed by atoms with Crippen molar-refractivity contribution in [2.24, 2.45) is 0 Å². The first-order valence-electron chi connectivity index (χ1n) is 5.71. The average molecular weight is 293 g/mol. The molecule has 2 rings (SSSR count). The third kappa shape index (κ3) is 2.60. The van der Waals surface area contributed by atoms with Gasteiger partial charge in [-0.25, -0.2) is 4.98 Å². The molecule has 90 valence electrons. The molecule has 1 aromatic heterocycles. The zero-order valence-corrected chi connectivity index (χ0v) is 12.2. The van der Waals surface area contributed by atoms with Gasteiger partial charge in [-0.3, -0.25) is 0 Å². The summed E-state index contributed by atoms with van der Waals surface area (Å²) in [6.07, 6.45) is 0. The van der Waals surface area contributed by atoms with Crippen molar-refractivity contribution in [1.82, 2.24) is 9.97 Å². The first-order chi connectivity index (χ1) is 7.88. The molecule has 0 saturated carbocycles. The van der Waals surface area contributed by atoms with Crippen LogP contribution in [0.3, 0.4) is 0 Å². The molecule has 17 heavy (non-hydrogen) atoms. The molecule has 1 N–H and O–H groups in total. The van der Waals surface area contributed by atoms with Crippen LogP contribution in [-0.2, 0) is 5.41 Å². The number of aromatic nitrogens is 2. The quantitative estimate of drug-likeness (QED) is 0.827. The van der Waals surface area contributed by atoms with Crippen molar-refractivity contribution in [3.8, 4) is 11.3 Å². The van der Waals surface area contributed by atoms with E-state index in [4.69, 9.17) is 4.98 Å². The van der Waals surface area contributed by atoms with Crippen molar-refractivity contribution in [3.05, 3.63) is 40.3 Å². The van der Waals surface area contributed by atoms with Gasteiger partial charge in [0.25, 0.3) is 0 Å². The molecule has 0 amide bonds. The number of aromatic amines is 1. The standard InChI is InChI=1S/C14H17BrN2/c1-9-12(10-6-5-7-11(15)8-10)17-13(16-9)14(2,3)4/h5-8H,1-4H3,(H,16,17). The Balaban J connectivity index is 2.50. The zero-order valence-electron chi connectivity index (χ0n) is 10.6. The second-order valence-electron chi connectivity index (χ2n) is 5.32. The van der Waals surface area contributed by atoms with E-state index in [9.17, 15) is 0 Å². The first-order valence-corrected chi connectivity index (χ1v) is 6.50. The Morgan fingerprint density at radius 2 is 1.94 bits per heavy atom. The molecule has 1 heterocycles. The van der Waals surface area contributed by atoms with E-state index >= 15 is 0 Å². The summed E-state index contributed by atoms with van der Waals surface area (Å²) in [6, 6.07) is 8.23. The SMILES string of the molecule is Cc1[nH]c(C(C)(C)C)nc1-c1cccc(Br)c1. The maximum absolute atomic E-state index is 4.72. The number of aryl methyl sites for hydroxylation is 1. The largest absolute Gasteiger partial charge is 0.345 e.